The molecule has 1 heterocycles. The zero-order valence-electron chi connectivity index (χ0n) is 8.74. The van der Waals surface area contributed by atoms with Crippen LogP contribution in [0.5, 0.6) is 0 Å². The van der Waals surface area contributed by atoms with Crippen molar-refractivity contribution in [2.45, 2.75) is 6.54 Å². The van der Waals surface area contributed by atoms with E-state index in [0.717, 1.165) is 23.8 Å². The van der Waals surface area contributed by atoms with Crippen molar-refractivity contribution >= 4 is 83.7 Å². The summed E-state index contributed by atoms with van der Waals surface area (Å²) in [6.45, 7) is 0.622. The Morgan fingerprint density at radius 3 is 2.17 bits per heavy atom. The molecule has 2 rings (SSSR count). The van der Waals surface area contributed by atoms with Gasteiger partial charge < -0.3 is 5.32 Å². The SMILES string of the molecule is Clc1cc(Br)cc(Cl)c1NCc1cc(Br)c(Cl)s1. The molecule has 0 spiro atoms. The molecule has 1 aromatic carbocycles. The van der Waals surface area contributed by atoms with Crippen LogP contribution in [0, 0.1) is 0 Å². The minimum atomic E-state index is 0.580. The van der Waals surface area contributed by atoms with E-state index < -0.39 is 0 Å². The second-order valence-corrected chi connectivity index (χ2v) is 7.76. The quantitative estimate of drug-likeness (QED) is 0.540. The molecule has 0 fully saturated rings. The van der Waals surface area contributed by atoms with E-state index in [1.807, 2.05) is 6.07 Å². The largest absolute Gasteiger partial charge is 0.378 e. The predicted molar refractivity (Wildman–Crippen MR) is 88.5 cm³/mol. The van der Waals surface area contributed by atoms with Crippen LogP contribution in [0.1, 0.15) is 4.88 Å². The third kappa shape index (κ3) is 3.56. The van der Waals surface area contributed by atoms with Crippen molar-refractivity contribution in [3.63, 3.8) is 0 Å². The average molecular weight is 450 g/mol. The summed E-state index contributed by atoms with van der Waals surface area (Å²) in [5.41, 5.74) is 0.724. The second kappa shape index (κ2) is 6.33. The highest BCUT2D eigenvalue weighted by molar-refractivity contribution is 9.10. The third-order valence-electron chi connectivity index (χ3n) is 2.14. The van der Waals surface area contributed by atoms with Crippen LogP contribution in [0.3, 0.4) is 0 Å². The van der Waals surface area contributed by atoms with Gasteiger partial charge in [0, 0.05) is 20.4 Å². The van der Waals surface area contributed by atoms with E-state index in [2.05, 4.69) is 37.2 Å². The molecule has 0 saturated heterocycles. The molecule has 0 aliphatic heterocycles. The van der Waals surface area contributed by atoms with Gasteiger partial charge >= 0.3 is 0 Å². The molecule has 1 nitrogen and oxygen atoms in total. The van der Waals surface area contributed by atoms with Gasteiger partial charge in [-0.1, -0.05) is 50.7 Å². The molecule has 0 bridgehead atoms. The topological polar surface area (TPSA) is 12.0 Å². The third-order valence-corrected chi connectivity index (χ3v) is 5.67. The molecule has 0 unspecified atom stereocenters. The first-order valence-electron chi connectivity index (χ1n) is 4.79. The maximum absolute atomic E-state index is 6.13. The molecule has 0 atom stereocenters. The van der Waals surface area contributed by atoms with Gasteiger partial charge in [0.15, 0.2) is 0 Å². The Labute approximate surface area is 141 Å². The Morgan fingerprint density at radius 2 is 1.67 bits per heavy atom. The Kier molecular flexibility index (Phi) is 5.26. The maximum Gasteiger partial charge on any atom is 0.107 e. The van der Waals surface area contributed by atoms with E-state index in [4.69, 9.17) is 34.8 Å². The highest BCUT2D eigenvalue weighted by Crippen LogP contribution is 2.36. The monoisotopic (exact) mass is 447 g/mol. The molecule has 96 valence electrons. The van der Waals surface area contributed by atoms with Crippen LogP contribution >= 0.6 is 78.0 Å². The molecular weight excluding hydrogens is 444 g/mol. The van der Waals surface area contributed by atoms with Crippen molar-refractivity contribution in [3.05, 3.63) is 46.4 Å². The fraction of sp³-hybridized carbons (Fsp3) is 0.0909. The Bertz CT molecular complexity index is 543. The van der Waals surface area contributed by atoms with Gasteiger partial charge in [0.1, 0.15) is 4.34 Å². The molecule has 0 amide bonds. The van der Waals surface area contributed by atoms with Gasteiger partial charge in [-0.2, -0.15) is 0 Å². The molecule has 1 N–H and O–H groups in total. The summed E-state index contributed by atoms with van der Waals surface area (Å²) in [6.07, 6.45) is 0. The van der Waals surface area contributed by atoms with Crippen molar-refractivity contribution in [3.8, 4) is 0 Å². The van der Waals surface area contributed by atoms with Crippen molar-refractivity contribution < 1.29 is 0 Å². The normalized spacial score (nSPS) is 10.7. The van der Waals surface area contributed by atoms with Crippen molar-refractivity contribution in [2.24, 2.45) is 0 Å². The predicted octanol–water partition coefficient (Wildman–Crippen LogP) is 6.85. The number of nitrogens with one attached hydrogen (secondary N) is 1. The smallest absolute Gasteiger partial charge is 0.107 e. The minimum Gasteiger partial charge on any atom is -0.378 e. The van der Waals surface area contributed by atoms with E-state index in [-0.39, 0.29) is 0 Å². The molecule has 1 aromatic heterocycles. The first kappa shape index (κ1) is 14.9. The summed E-state index contributed by atoms with van der Waals surface area (Å²) in [5, 5.41) is 4.37. The zero-order chi connectivity index (χ0) is 13.3. The number of halogens is 5. The van der Waals surface area contributed by atoms with E-state index in [1.54, 1.807) is 12.1 Å². The molecule has 0 radical (unpaired) electrons. The van der Waals surface area contributed by atoms with Gasteiger partial charge in [0.25, 0.3) is 0 Å². The van der Waals surface area contributed by atoms with E-state index >= 15 is 0 Å². The summed E-state index contributed by atoms with van der Waals surface area (Å²) in [4.78, 5) is 1.10. The molecule has 0 saturated carbocycles. The molecule has 0 aliphatic carbocycles. The van der Waals surface area contributed by atoms with E-state index in [9.17, 15) is 0 Å². The lowest BCUT2D eigenvalue weighted by molar-refractivity contribution is 1.19. The summed E-state index contributed by atoms with van der Waals surface area (Å²) in [5.74, 6) is 0. The summed E-state index contributed by atoms with van der Waals surface area (Å²) < 4.78 is 2.49. The van der Waals surface area contributed by atoms with Crippen molar-refractivity contribution in [1.82, 2.24) is 0 Å². The van der Waals surface area contributed by atoms with Crippen LogP contribution in [-0.4, -0.2) is 0 Å². The molecule has 0 aliphatic rings. The average Bonchev–Trinajstić information content (AvgIpc) is 2.56. The lowest BCUT2D eigenvalue weighted by Gasteiger charge is -2.09. The standard InChI is InChI=1S/C11H6Br2Cl3NS/c12-5-1-8(14)10(9(15)2-5)17-4-6-3-7(13)11(16)18-6/h1-3,17H,4H2. The minimum absolute atomic E-state index is 0.580. The van der Waals surface area contributed by atoms with Gasteiger partial charge in [-0.05, 0) is 34.1 Å². The summed E-state index contributed by atoms with van der Waals surface area (Å²) >= 11 is 26.5. The first-order valence-corrected chi connectivity index (χ1v) is 8.33. The number of hydrogen-bond donors (Lipinski definition) is 1. The zero-order valence-corrected chi connectivity index (χ0v) is 15.0. The van der Waals surface area contributed by atoms with Gasteiger partial charge in [0.2, 0.25) is 0 Å². The molecular formula is C11H6Br2Cl3NS. The number of thiophene rings is 1. The van der Waals surface area contributed by atoms with E-state index in [0.29, 0.717) is 16.6 Å². The van der Waals surface area contributed by atoms with Crippen LogP contribution in [0.15, 0.2) is 27.1 Å². The van der Waals surface area contributed by atoms with Gasteiger partial charge in [-0.25, -0.2) is 0 Å². The highest BCUT2D eigenvalue weighted by Gasteiger charge is 2.09. The van der Waals surface area contributed by atoms with Crippen LogP contribution < -0.4 is 5.32 Å². The molecule has 18 heavy (non-hydrogen) atoms. The first-order chi connectivity index (χ1) is 8.47. The van der Waals surface area contributed by atoms with E-state index in [1.165, 1.54) is 11.3 Å². The Morgan fingerprint density at radius 1 is 1.06 bits per heavy atom. The number of hydrogen-bond acceptors (Lipinski definition) is 2. The maximum atomic E-state index is 6.13. The fourth-order valence-electron chi connectivity index (χ4n) is 1.37. The van der Waals surface area contributed by atoms with Crippen LogP contribution in [0.2, 0.25) is 14.4 Å². The number of rotatable bonds is 3. The Balaban J connectivity index is 2.15. The van der Waals surface area contributed by atoms with Gasteiger partial charge in [-0.3, -0.25) is 0 Å². The number of anilines is 1. The van der Waals surface area contributed by atoms with Crippen LogP contribution in [0.25, 0.3) is 0 Å². The summed E-state index contributed by atoms with van der Waals surface area (Å²) in [6, 6.07) is 5.57. The lowest BCUT2D eigenvalue weighted by Crippen LogP contribution is -1.98. The molecule has 7 heteroatoms. The molecule has 2 aromatic rings. The fourth-order valence-corrected chi connectivity index (χ4v) is 4.44. The van der Waals surface area contributed by atoms with Gasteiger partial charge in [-0.15, -0.1) is 11.3 Å². The van der Waals surface area contributed by atoms with Crippen molar-refractivity contribution in [2.75, 3.05) is 5.32 Å². The summed E-state index contributed by atoms with van der Waals surface area (Å²) in [7, 11) is 0. The van der Waals surface area contributed by atoms with Crippen molar-refractivity contribution in [1.29, 1.82) is 0 Å². The lowest BCUT2D eigenvalue weighted by atomic mass is 10.3. The highest BCUT2D eigenvalue weighted by atomic mass is 79.9. The van der Waals surface area contributed by atoms with Crippen LogP contribution in [0.4, 0.5) is 5.69 Å². The van der Waals surface area contributed by atoms with Gasteiger partial charge in [0.05, 0.1) is 15.7 Å². The second-order valence-electron chi connectivity index (χ2n) is 3.43. The number of benzene rings is 1. The Hall–Kier alpha value is 0.550. The van der Waals surface area contributed by atoms with Crippen LogP contribution in [-0.2, 0) is 6.54 Å².